The molecule has 1 aromatic heterocycles. The molecule has 0 fully saturated rings. The van der Waals surface area contributed by atoms with Gasteiger partial charge in [-0.15, -0.1) is 0 Å². The highest BCUT2D eigenvalue weighted by Crippen LogP contribution is 2.34. The molecule has 0 saturated heterocycles. The van der Waals surface area contributed by atoms with E-state index >= 15 is 0 Å². The van der Waals surface area contributed by atoms with Crippen LogP contribution >= 0.6 is 0 Å². The summed E-state index contributed by atoms with van der Waals surface area (Å²) in [7, 11) is 0. The number of aryl methyl sites for hydroxylation is 1. The Morgan fingerprint density at radius 2 is 1.63 bits per heavy atom. The van der Waals surface area contributed by atoms with Gasteiger partial charge in [0.25, 0.3) is 0 Å². The van der Waals surface area contributed by atoms with Gasteiger partial charge >= 0.3 is 0 Å². The lowest BCUT2D eigenvalue weighted by Gasteiger charge is -2.24. The molecule has 6 heteroatoms. The molecule has 2 N–H and O–H groups in total. The Bertz CT molecular complexity index is 937. The molecule has 0 unspecified atom stereocenters. The van der Waals surface area contributed by atoms with Gasteiger partial charge in [0.05, 0.1) is 12.0 Å². The van der Waals surface area contributed by atoms with Crippen LogP contribution in [-0.4, -0.2) is 18.1 Å². The van der Waals surface area contributed by atoms with Crippen molar-refractivity contribution in [1.29, 1.82) is 15.8 Å². The van der Waals surface area contributed by atoms with Gasteiger partial charge in [-0.25, -0.2) is 4.98 Å². The van der Waals surface area contributed by atoms with Crippen LogP contribution in [0.2, 0.25) is 0 Å². The molecule has 1 heterocycles. The van der Waals surface area contributed by atoms with E-state index in [1.165, 1.54) is 0 Å². The minimum atomic E-state index is -0.670. The topological polar surface area (TPSA) is 114 Å². The molecule has 2 aromatic rings. The summed E-state index contributed by atoms with van der Waals surface area (Å²) in [5.41, 5.74) is 8.85. The molecule has 27 heavy (non-hydrogen) atoms. The van der Waals surface area contributed by atoms with E-state index in [9.17, 15) is 15.8 Å². The number of anilines is 2. The van der Waals surface area contributed by atoms with Crippen molar-refractivity contribution < 1.29 is 0 Å². The maximum Gasteiger partial charge on any atom is 0.149 e. The number of nitrogens with two attached hydrogens (primary N) is 1. The molecule has 1 aromatic carbocycles. The second kappa shape index (κ2) is 8.70. The van der Waals surface area contributed by atoms with Crippen molar-refractivity contribution in [3.8, 4) is 18.2 Å². The molecule has 136 valence electrons. The fourth-order valence-electron chi connectivity index (χ4n) is 3.11. The van der Waals surface area contributed by atoms with Crippen molar-refractivity contribution in [1.82, 2.24) is 4.98 Å². The fraction of sp³-hybridized carbons (Fsp3) is 0.333. The molecule has 1 atom stereocenters. The van der Waals surface area contributed by atoms with E-state index in [4.69, 9.17) is 5.73 Å². The third-order valence-electron chi connectivity index (χ3n) is 4.60. The van der Waals surface area contributed by atoms with Gasteiger partial charge in [-0.05, 0) is 32.8 Å². The van der Waals surface area contributed by atoms with Crippen molar-refractivity contribution in [3.05, 3.63) is 52.1 Å². The Kier molecular flexibility index (Phi) is 6.36. The van der Waals surface area contributed by atoms with Crippen molar-refractivity contribution in [2.24, 2.45) is 0 Å². The minimum absolute atomic E-state index is 0.0533. The molecule has 2 rings (SSSR count). The Hall–Kier alpha value is -3.56. The first-order valence-electron chi connectivity index (χ1n) is 8.84. The van der Waals surface area contributed by atoms with Crippen LogP contribution in [-0.2, 0) is 6.42 Å². The van der Waals surface area contributed by atoms with Crippen LogP contribution in [0.5, 0.6) is 0 Å². The summed E-state index contributed by atoms with van der Waals surface area (Å²) < 4.78 is 0. The van der Waals surface area contributed by atoms with Crippen LogP contribution in [0, 0.1) is 40.9 Å². The summed E-state index contributed by atoms with van der Waals surface area (Å²) >= 11 is 0. The van der Waals surface area contributed by atoms with Crippen molar-refractivity contribution in [2.75, 3.05) is 23.7 Å². The lowest BCUT2D eigenvalue weighted by molar-refractivity contribution is 0.816. The summed E-state index contributed by atoms with van der Waals surface area (Å²) in [6, 6.07) is 14.3. The quantitative estimate of drug-likeness (QED) is 0.846. The highest BCUT2D eigenvalue weighted by Gasteiger charge is 2.27. The van der Waals surface area contributed by atoms with Gasteiger partial charge in [0.2, 0.25) is 0 Å². The number of pyridine rings is 1. The smallest absolute Gasteiger partial charge is 0.149 e. The first-order chi connectivity index (χ1) is 13.0. The molecule has 0 saturated carbocycles. The molecular formula is C21H22N6. The van der Waals surface area contributed by atoms with Crippen molar-refractivity contribution >= 4 is 11.6 Å². The second-order valence-electron chi connectivity index (χ2n) is 6.25. The first-order valence-corrected chi connectivity index (χ1v) is 8.84. The highest BCUT2D eigenvalue weighted by atomic mass is 15.2. The molecular weight excluding hydrogens is 336 g/mol. The van der Waals surface area contributed by atoms with E-state index in [1.807, 2.05) is 56.0 Å². The average molecular weight is 358 g/mol. The Morgan fingerprint density at radius 3 is 2.11 bits per heavy atom. The van der Waals surface area contributed by atoms with E-state index in [0.29, 0.717) is 30.9 Å². The number of hydrogen-bond acceptors (Lipinski definition) is 6. The largest absolute Gasteiger partial charge is 0.383 e. The Labute approximate surface area is 160 Å². The van der Waals surface area contributed by atoms with Gasteiger partial charge in [0.1, 0.15) is 34.9 Å². The summed E-state index contributed by atoms with van der Waals surface area (Å²) in [4.78, 5) is 6.20. The predicted octanol–water partition coefficient (Wildman–Crippen LogP) is 3.41. The predicted molar refractivity (Wildman–Crippen MR) is 105 cm³/mol. The molecule has 0 bridgehead atoms. The number of rotatable bonds is 6. The van der Waals surface area contributed by atoms with Crippen LogP contribution in [0.3, 0.4) is 0 Å². The third-order valence-corrected chi connectivity index (χ3v) is 4.60. The zero-order valence-corrected chi connectivity index (χ0v) is 15.8. The van der Waals surface area contributed by atoms with Crippen LogP contribution in [0.4, 0.5) is 11.6 Å². The number of nitrogen functional groups attached to an aromatic ring is 1. The molecule has 0 radical (unpaired) electrons. The lowest BCUT2D eigenvalue weighted by Crippen LogP contribution is -2.26. The van der Waals surface area contributed by atoms with Crippen molar-refractivity contribution in [2.45, 2.75) is 33.1 Å². The van der Waals surface area contributed by atoms with Gasteiger partial charge < -0.3 is 10.6 Å². The number of benzene rings is 1. The number of nitriles is 3. The SMILES string of the molecule is CCN(CC)c1nc(N)c(C#N)c([C@H](C#N)Cc2ccc(C)cc2)c1C#N. The molecule has 0 aliphatic carbocycles. The van der Waals surface area contributed by atoms with Crippen LogP contribution in [0.15, 0.2) is 24.3 Å². The number of hydrogen-bond donors (Lipinski definition) is 1. The molecule has 0 spiro atoms. The molecule has 0 amide bonds. The monoisotopic (exact) mass is 358 g/mol. The summed E-state index contributed by atoms with van der Waals surface area (Å²) in [5, 5.41) is 29.3. The summed E-state index contributed by atoms with van der Waals surface area (Å²) in [6.45, 7) is 7.17. The van der Waals surface area contributed by atoms with Crippen molar-refractivity contribution in [3.63, 3.8) is 0 Å². The van der Waals surface area contributed by atoms with Gasteiger partial charge in [0.15, 0.2) is 0 Å². The maximum atomic E-state index is 9.83. The first kappa shape index (κ1) is 19.8. The molecule has 6 nitrogen and oxygen atoms in total. The van der Waals surface area contributed by atoms with Gasteiger partial charge in [-0.3, -0.25) is 0 Å². The summed E-state index contributed by atoms with van der Waals surface area (Å²) in [5.74, 6) is -0.188. The minimum Gasteiger partial charge on any atom is -0.383 e. The molecule has 0 aliphatic heterocycles. The van der Waals surface area contributed by atoms with Crippen LogP contribution in [0.1, 0.15) is 47.6 Å². The third kappa shape index (κ3) is 4.00. The average Bonchev–Trinajstić information content (AvgIpc) is 2.68. The second-order valence-corrected chi connectivity index (χ2v) is 6.25. The van der Waals surface area contributed by atoms with E-state index in [2.05, 4.69) is 17.1 Å². The Morgan fingerprint density at radius 1 is 1.04 bits per heavy atom. The zero-order valence-electron chi connectivity index (χ0n) is 15.8. The van der Waals surface area contributed by atoms with Crippen LogP contribution in [0.25, 0.3) is 0 Å². The highest BCUT2D eigenvalue weighted by molar-refractivity contribution is 5.70. The summed E-state index contributed by atoms with van der Waals surface area (Å²) in [6.07, 6.45) is 0.390. The standard InChI is InChI=1S/C21H22N6/c1-4-27(5-2)21-18(13-24)19(17(12-23)20(25)26-21)16(11-22)10-15-8-6-14(3)7-9-15/h6-9,16H,4-5,10H2,1-3H3,(H2,25,26)/t16-/m0/s1. The van der Waals surface area contributed by atoms with E-state index in [0.717, 1.165) is 11.1 Å². The van der Waals surface area contributed by atoms with E-state index in [-0.39, 0.29) is 16.9 Å². The van der Waals surface area contributed by atoms with E-state index in [1.54, 1.807) is 0 Å². The van der Waals surface area contributed by atoms with Gasteiger partial charge in [-0.2, -0.15) is 15.8 Å². The van der Waals surface area contributed by atoms with Gasteiger partial charge in [0, 0.05) is 18.7 Å². The molecule has 0 aliphatic rings. The number of aromatic nitrogens is 1. The normalized spacial score (nSPS) is 11.1. The van der Waals surface area contributed by atoms with Crippen LogP contribution < -0.4 is 10.6 Å². The Balaban J connectivity index is 2.67. The number of nitrogens with zero attached hydrogens (tertiary/aromatic N) is 5. The fourth-order valence-corrected chi connectivity index (χ4v) is 3.11. The van der Waals surface area contributed by atoms with Gasteiger partial charge in [-0.1, -0.05) is 29.8 Å². The maximum absolute atomic E-state index is 9.83. The zero-order chi connectivity index (χ0) is 20.0. The van der Waals surface area contributed by atoms with E-state index < -0.39 is 5.92 Å². The lowest BCUT2D eigenvalue weighted by atomic mass is 9.87.